The zero-order valence-electron chi connectivity index (χ0n) is 50.7. The van der Waals surface area contributed by atoms with Crippen molar-refractivity contribution in [1.29, 1.82) is 0 Å². The molecule has 1 aliphatic rings. The van der Waals surface area contributed by atoms with Crippen LogP contribution in [0.1, 0.15) is 303 Å². The van der Waals surface area contributed by atoms with Crippen LogP contribution in [0.3, 0.4) is 0 Å². The minimum atomic E-state index is -1.56. The molecule has 1 heterocycles. The molecule has 9 heteroatoms. The van der Waals surface area contributed by atoms with Gasteiger partial charge in [0, 0.05) is 6.42 Å². The fourth-order valence-electron chi connectivity index (χ4n) is 10.4. The van der Waals surface area contributed by atoms with Gasteiger partial charge in [0.2, 0.25) is 5.91 Å². The molecule has 0 aliphatic carbocycles. The summed E-state index contributed by atoms with van der Waals surface area (Å²) in [5, 5.41) is 54.9. The first kappa shape index (κ1) is 73.6. The van der Waals surface area contributed by atoms with Gasteiger partial charge in [0.15, 0.2) is 6.29 Å². The van der Waals surface area contributed by atoms with Gasteiger partial charge in [-0.3, -0.25) is 4.79 Å². The normalized spacial score (nSPS) is 19.1. The van der Waals surface area contributed by atoms with E-state index in [2.05, 4.69) is 92.1 Å². The Morgan fingerprint density at radius 3 is 1.18 bits per heavy atom. The van der Waals surface area contributed by atoms with Crippen molar-refractivity contribution >= 4 is 5.91 Å². The fourth-order valence-corrected chi connectivity index (χ4v) is 10.4. The lowest BCUT2D eigenvalue weighted by Crippen LogP contribution is -2.60. The molecule has 0 radical (unpaired) electrons. The van der Waals surface area contributed by atoms with Crippen LogP contribution >= 0.6 is 0 Å². The first-order valence-corrected chi connectivity index (χ1v) is 33.1. The second kappa shape index (κ2) is 57.8. The molecule has 0 spiro atoms. The molecule has 6 N–H and O–H groups in total. The topological polar surface area (TPSA) is 149 Å². The van der Waals surface area contributed by atoms with Gasteiger partial charge in [0.1, 0.15) is 24.4 Å². The minimum absolute atomic E-state index is 0.138. The van der Waals surface area contributed by atoms with Gasteiger partial charge in [-0.15, -0.1) is 0 Å². The van der Waals surface area contributed by atoms with Gasteiger partial charge in [0.25, 0.3) is 0 Å². The van der Waals surface area contributed by atoms with Gasteiger partial charge in [0.05, 0.1) is 25.4 Å². The van der Waals surface area contributed by atoms with E-state index in [1.165, 1.54) is 199 Å². The van der Waals surface area contributed by atoms with Crippen LogP contribution in [-0.4, -0.2) is 87.5 Å². The van der Waals surface area contributed by atoms with E-state index in [4.69, 9.17) is 9.47 Å². The van der Waals surface area contributed by atoms with E-state index in [-0.39, 0.29) is 12.5 Å². The predicted octanol–water partition coefficient (Wildman–Crippen LogP) is 17.6. The highest BCUT2D eigenvalue weighted by atomic mass is 16.7. The van der Waals surface area contributed by atoms with E-state index < -0.39 is 49.5 Å². The van der Waals surface area contributed by atoms with E-state index >= 15 is 0 Å². The summed E-state index contributed by atoms with van der Waals surface area (Å²) in [5.41, 5.74) is 0. The van der Waals surface area contributed by atoms with E-state index in [9.17, 15) is 30.3 Å². The van der Waals surface area contributed by atoms with Crippen LogP contribution in [0.2, 0.25) is 0 Å². The number of aliphatic hydroxyl groups excluding tert-OH is 5. The number of hydrogen-bond donors (Lipinski definition) is 6. The molecule has 0 bridgehead atoms. The van der Waals surface area contributed by atoms with Crippen LogP contribution in [0.25, 0.3) is 0 Å². The Balaban J connectivity index is 2.13. The van der Waals surface area contributed by atoms with Crippen LogP contribution in [0.4, 0.5) is 0 Å². The van der Waals surface area contributed by atoms with Gasteiger partial charge in [-0.05, 0) is 64.2 Å². The van der Waals surface area contributed by atoms with E-state index in [1.807, 2.05) is 0 Å². The van der Waals surface area contributed by atoms with Crippen LogP contribution in [0, 0.1) is 0 Å². The maximum Gasteiger partial charge on any atom is 0.220 e. The van der Waals surface area contributed by atoms with E-state index in [1.54, 1.807) is 0 Å². The number of hydrogen-bond acceptors (Lipinski definition) is 8. The highest BCUT2D eigenvalue weighted by Crippen LogP contribution is 2.23. The zero-order valence-corrected chi connectivity index (χ0v) is 50.7. The smallest absolute Gasteiger partial charge is 0.220 e. The average molecular weight is 1100 g/mol. The molecule has 7 unspecified atom stereocenters. The van der Waals surface area contributed by atoms with Crippen LogP contribution in [0.5, 0.6) is 0 Å². The Bertz CT molecular complexity index is 1460. The van der Waals surface area contributed by atoms with Crippen molar-refractivity contribution in [2.75, 3.05) is 13.2 Å². The van der Waals surface area contributed by atoms with E-state index in [0.717, 1.165) is 77.0 Å². The van der Waals surface area contributed by atoms with Gasteiger partial charge in [-0.25, -0.2) is 0 Å². The maximum atomic E-state index is 13.1. The second-order valence-corrected chi connectivity index (χ2v) is 22.9. The SMILES string of the molecule is CC/C=C\C/C=C\C/C=C\C/C=C\C/C=C\C/C=C\CCCCCCCCCCCCCCCCC(=O)NC(COC1OC(CO)C(O)C(O)C1O)C(O)CCCCCCCCCCCCCCCCCCCCCCCC. The highest BCUT2D eigenvalue weighted by molar-refractivity contribution is 5.76. The number of unbranched alkanes of at least 4 members (excludes halogenated alkanes) is 35. The summed E-state index contributed by atoms with van der Waals surface area (Å²) in [6.45, 7) is 3.76. The Kier molecular flexibility index (Phi) is 54.6. The van der Waals surface area contributed by atoms with Crippen molar-refractivity contribution in [2.45, 2.75) is 346 Å². The number of carbonyl (C=O) groups is 1. The molecule has 7 atom stereocenters. The number of carbonyl (C=O) groups excluding carboxylic acids is 1. The van der Waals surface area contributed by atoms with Gasteiger partial charge in [-0.2, -0.15) is 0 Å². The lowest BCUT2D eigenvalue weighted by Gasteiger charge is -2.40. The molecule has 0 aromatic rings. The second-order valence-electron chi connectivity index (χ2n) is 22.9. The standard InChI is InChI=1S/C69H125NO8/c1-3-5-7-9-11-13-15-17-19-21-23-25-27-28-29-30-31-32-33-34-35-36-37-39-41-43-45-47-49-51-53-55-57-59-65(73)70-62(61-77-69-68(76)67(75)66(74)64(60-71)78-69)63(72)58-56-54-52-50-48-46-44-42-40-38-26-24-22-20-18-16-14-12-10-8-6-4-2/h5,7,11,13,17,19,23,25,28-29,31-32,62-64,66-69,71-72,74-76H,3-4,6,8-10,12,14-16,18,20-22,24,26-27,30,33-61H2,1-2H3,(H,70,73)/b7-5-,13-11-,19-17-,25-23-,29-28-,32-31-. The number of ether oxygens (including phenoxy) is 2. The van der Waals surface area contributed by atoms with Crippen molar-refractivity contribution in [3.8, 4) is 0 Å². The maximum absolute atomic E-state index is 13.1. The quantitative estimate of drug-likeness (QED) is 0.0261. The zero-order chi connectivity index (χ0) is 56.5. The molecule has 1 aliphatic heterocycles. The molecule has 1 fully saturated rings. The third-order valence-corrected chi connectivity index (χ3v) is 15.6. The highest BCUT2D eigenvalue weighted by Gasteiger charge is 2.44. The summed E-state index contributed by atoms with van der Waals surface area (Å²) >= 11 is 0. The van der Waals surface area contributed by atoms with Gasteiger partial charge in [-0.1, -0.05) is 305 Å². The van der Waals surface area contributed by atoms with Crippen LogP contribution in [-0.2, 0) is 14.3 Å². The largest absolute Gasteiger partial charge is 0.394 e. The number of allylic oxidation sites excluding steroid dienone is 12. The fraction of sp³-hybridized carbons (Fsp3) is 0.812. The summed E-state index contributed by atoms with van der Waals surface area (Å²) in [6, 6.07) is -0.723. The minimum Gasteiger partial charge on any atom is -0.394 e. The summed E-state index contributed by atoms with van der Waals surface area (Å²) in [5.74, 6) is -0.143. The van der Waals surface area contributed by atoms with Gasteiger partial charge < -0.3 is 40.3 Å². The lowest BCUT2D eigenvalue weighted by atomic mass is 9.99. The predicted molar refractivity (Wildman–Crippen MR) is 332 cm³/mol. The van der Waals surface area contributed by atoms with E-state index in [0.29, 0.717) is 12.8 Å². The Labute approximate surface area is 480 Å². The summed E-state index contributed by atoms with van der Waals surface area (Å²) in [7, 11) is 0. The molecule has 0 saturated carbocycles. The Hall–Kier alpha value is -2.37. The molecule has 1 saturated heterocycles. The van der Waals surface area contributed by atoms with Crippen molar-refractivity contribution in [2.24, 2.45) is 0 Å². The third-order valence-electron chi connectivity index (χ3n) is 15.6. The summed E-state index contributed by atoms with van der Waals surface area (Å²) in [6.07, 6.45) is 73.7. The van der Waals surface area contributed by atoms with Gasteiger partial charge >= 0.3 is 0 Å². The summed E-state index contributed by atoms with van der Waals surface area (Å²) < 4.78 is 11.4. The van der Waals surface area contributed by atoms with Crippen LogP contribution < -0.4 is 5.32 Å². The van der Waals surface area contributed by atoms with Crippen molar-refractivity contribution in [3.05, 3.63) is 72.9 Å². The first-order valence-electron chi connectivity index (χ1n) is 33.1. The lowest BCUT2D eigenvalue weighted by molar-refractivity contribution is -0.302. The number of aliphatic hydroxyl groups is 5. The Morgan fingerprint density at radius 2 is 0.795 bits per heavy atom. The van der Waals surface area contributed by atoms with Crippen molar-refractivity contribution in [3.63, 3.8) is 0 Å². The molecule has 454 valence electrons. The first-order chi connectivity index (χ1) is 38.3. The molecule has 1 rings (SSSR count). The van der Waals surface area contributed by atoms with Crippen molar-refractivity contribution in [1.82, 2.24) is 5.32 Å². The van der Waals surface area contributed by atoms with Crippen LogP contribution in [0.15, 0.2) is 72.9 Å². The van der Waals surface area contributed by atoms with Crippen molar-refractivity contribution < 1.29 is 39.8 Å². The number of nitrogens with one attached hydrogen (secondary N) is 1. The molecule has 0 aromatic heterocycles. The summed E-state index contributed by atoms with van der Waals surface area (Å²) in [4.78, 5) is 13.1. The monoisotopic (exact) mass is 1100 g/mol. The number of amides is 1. The Morgan fingerprint density at radius 1 is 0.449 bits per heavy atom. The molecule has 9 nitrogen and oxygen atoms in total. The molecule has 1 amide bonds. The average Bonchev–Trinajstić information content (AvgIpc) is 3.45. The molecular weight excluding hydrogens is 971 g/mol. The molecule has 78 heavy (non-hydrogen) atoms. The molecular formula is C69H125NO8. The molecule has 0 aromatic carbocycles. The number of rotatable bonds is 57. The third kappa shape index (κ3) is 46.3.